The van der Waals surface area contributed by atoms with Crippen LogP contribution in [0, 0.1) is 12.7 Å². The quantitative estimate of drug-likeness (QED) is 0.608. The Morgan fingerprint density at radius 1 is 1.23 bits per heavy atom. The van der Waals surface area contributed by atoms with Gasteiger partial charge in [0.05, 0.1) is 27.0 Å². The van der Waals surface area contributed by atoms with E-state index in [4.69, 9.17) is 23.2 Å². The van der Waals surface area contributed by atoms with Crippen molar-refractivity contribution >= 4 is 51.3 Å². The number of rotatable bonds is 3. The Hall–Kier alpha value is -1.51. The average molecular weight is 419 g/mol. The summed E-state index contributed by atoms with van der Waals surface area (Å²) in [5.74, 6) is -0.777. The summed E-state index contributed by atoms with van der Waals surface area (Å²) in [6.45, 7) is 2.14. The normalized spacial score (nSPS) is 17.2. The van der Waals surface area contributed by atoms with Crippen LogP contribution in [-0.4, -0.2) is 27.3 Å². The van der Waals surface area contributed by atoms with Crippen molar-refractivity contribution in [3.05, 3.63) is 57.3 Å². The molecule has 3 rings (SSSR count). The first-order valence-electron chi connectivity index (χ1n) is 7.78. The molecule has 2 aromatic rings. The van der Waals surface area contributed by atoms with Gasteiger partial charge in [-0.1, -0.05) is 23.2 Å². The number of hydrogen-bond donors (Lipinski definition) is 3. The van der Waals surface area contributed by atoms with E-state index in [9.17, 15) is 18.3 Å². The first-order chi connectivity index (χ1) is 12.2. The van der Waals surface area contributed by atoms with Crippen LogP contribution in [0.15, 0.2) is 30.3 Å². The van der Waals surface area contributed by atoms with Crippen LogP contribution in [0.1, 0.15) is 22.3 Å². The maximum atomic E-state index is 13.5. The zero-order valence-electron chi connectivity index (χ0n) is 13.8. The smallest absolute Gasteiger partial charge is 0.257 e. The fourth-order valence-corrected chi connectivity index (χ4v) is 4.86. The lowest BCUT2D eigenvalue weighted by Gasteiger charge is -2.38. The molecule has 0 radical (unpaired) electrons. The van der Waals surface area contributed by atoms with Gasteiger partial charge in [0.25, 0.3) is 5.91 Å². The summed E-state index contributed by atoms with van der Waals surface area (Å²) in [4.78, 5) is 12.6. The molecule has 3 N–H and O–H groups in total. The van der Waals surface area contributed by atoms with E-state index in [0.29, 0.717) is 24.2 Å². The van der Waals surface area contributed by atoms with Crippen LogP contribution in [0.3, 0.4) is 0 Å². The second kappa shape index (κ2) is 7.25. The van der Waals surface area contributed by atoms with Crippen LogP contribution in [0.4, 0.5) is 15.8 Å². The Morgan fingerprint density at radius 2 is 1.96 bits per heavy atom. The third-order valence-electron chi connectivity index (χ3n) is 3.98. The number of carbonyl (C=O) groups excluding carboxylic acids is 1. The number of nitrogens with one attached hydrogen (secondary N) is 1. The molecule has 1 aliphatic rings. The third-order valence-corrected chi connectivity index (χ3v) is 6.72. The van der Waals surface area contributed by atoms with Gasteiger partial charge in [-0.25, -0.2) is 4.39 Å². The number of hydrogen-bond acceptors (Lipinski definition) is 4. The fourth-order valence-electron chi connectivity index (χ4n) is 2.85. The van der Waals surface area contributed by atoms with E-state index in [2.05, 4.69) is 5.32 Å². The average Bonchev–Trinajstić information content (AvgIpc) is 2.88. The Morgan fingerprint density at radius 3 is 2.58 bits per heavy atom. The van der Waals surface area contributed by atoms with Gasteiger partial charge in [0.15, 0.2) is 0 Å². The van der Waals surface area contributed by atoms with E-state index in [1.165, 1.54) is 28.6 Å². The van der Waals surface area contributed by atoms with E-state index in [1.807, 2.05) is 0 Å². The number of anilines is 2. The molecule has 0 atom stereocenters. The van der Waals surface area contributed by atoms with Gasteiger partial charge in [-0.15, -0.1) is 10.8 Å². The maximum Gasteiger partial charge on any atom is 0.257 e. The minimum absolute atomic E-state index is 0.0386. The van der Waals surface area contributed by atoms with Gasteiger partial charge in [0.2, 0.25) is 0 Å². The molecule has 140 valence electrons. The van der Waals surface area contributed by atoms with Crippen molar-refractivity contribution in [3.63, 3.8) is 0 Å². The molecule has 1 aliphatic heterocycles. The topological polar surface area (TPSA) is 72.8 Å². The number of nitrogens with zero attached hydrogens (tertiary/aromatic N) is 1. The lowest BCUT2D eigenvalue weighted by atomic mass is 10.1. The summed E-state index contributed by atoms with van der Waals surface area (Å²) in [6.07, 6.45) is 0.618. The molecule has 0 unspecified atom stereocenters. The number of benzene rings is 2. The predicted molar refractivity (Wildman–Crippen MR) is 105 cm³/mol. The van der Waals surface area contributed by atoms with Crippen LogP contribution in [0.2, 0.25) is 10.0 Å². The van der Waals surface area contributed by atoms with E-state index < -0.39 is 22.5 Å². The summed E-state index contributed by atoms with van der Waals surface area (Å²) in [5.41, 5.74) is 1.41. The number of aryl methyl sites for hydroxylation is 1. The highest BCUT2D eigenvalue weighted by Gasteiger charge is 2.30. The first-order valence-corrected chi connectivity index (χ1v) is 10.2. The molecule has 0 bridgehead atoms. The van der Waals surface area contributed by atoms with Crippen LogP contribution < -0.4 is 9.62 Å². The highest BCUT2D eigenvalue weighted by atomic mass is 35.5. The SMILES string of the molecule is Cc1cc(F)cc(NC(=O)c2cc(N3CCCS3(O)O)cc(Cl)c2Cl)c1. The fraction of sp³-hybridized carbons (Fsp3) is 0.235. The van der Waals surface area contributed by atoms with Gasteiger partial charge in [-0.3, -0.25) is 18.2 Å². The zero-order chi connectivity index (χ0) is 19.1. The van der Waals surface area contributed by atoms with Gasteiger partial charge >= 0.3 is 0 Å². The Labute approximate surface area is 162 Å². The monoisotopic (exact) mass is 418 g/mol. The van der Waals surface area contributed by atoms with E-state index in [1.54, 1.807) is 13.0 Å². The summed E-state index contributed by atoms with van der Waals surface area (Å²) >= 11 is 12.3. The summed E-state index contributed by atoms with van der Waals surface area (Å²) in [6, 6.07) is 7.11. The van der Waals surface area contributed by atoms with Gasteiger partial charge in [0, 0.05) is 12.2 Å². The second-order valence-corrected chi connectivity index (χ2v) is 8.95. The molecular weight excluding hydrogens is 402 g/mol. The van der Waals surface area contributed by atoms with Crippen LogP contribution in [0.5, 0.6) is 0 Å². The number of amides is 1. The van der Waals surface area contributed by atoms with Crippen LogP contribution in [0.25, 0.3) is 0 Å². The molecule has 5 nitrogen and oxygen atoms in total. The Kier molecular flexibility index (Phi) is 5.37. The molecular formula is C17H17Cl2FN2O3S. The molecule has 0 spiro atoms. The predicted octanol–water partition coefficient (Wildman–Crippen LogP) is 5.57. The van der Waals surface area contributed by atoms with Crippen LogP contribution >= 0.6 is 34.0 Å². The maximum absolute atomic E-state index is 13.5. The Bertz CT molecular complexity index is 859. The van der Waals surface area contributed by atoms with Crippen molar-refractivity contribution in [1.29, 1.82) is 0 Å². The molecule has 1 heterocycles. The van der Waals surface area contributed by atoms with Gasteiger partial charge in [-0.2, -0.15) is 0 Å². The van der Waals surface area contributed by atoms with Crippen molar-refractivity contribution in [2.75, 3.05) is 21.9 Å². The third kappa shape index (κ3) is 3.92. The van der Waals surface area contributed by atoms with Crippen molar-refractivity contribution in [2.24, 2.45) is 0 Å². The van der Waals surface area contributed by atoms with E-state index >= 15 is 0 Å². The molecule has 0 aromatic heterocycles. The first kappa shape index (κ1) is 19.3. The molecule has 1 saturated heterocycles. The number of carbonyl (C=O) groups is 1. The highest BCUT2D eigenvalue weighted by Crippen LogP contribution is 2.51. The summed E-state index contributed by atoms with van der Waals surface area (Å²) in [7, 11) is -2.93. The summed E-state index contributed by atoms with van der Waals surface area (Å²) < 4.78 is 35.2. The zero-order valence-corrected chi connectivity index (χ0v) is 16.1. The van der Waals surface area contributed by atoms with Gasteiger partial charge in [-0.05, 0) is 49.2 Å². The summed E-state index contributed by atoms with van der Waals surface area (Å²) in [5, 5.41) is 2.74. The Balaban J connectivity index is 1.95. The van der Waals surface area contributed by atoms with Gasteiger partial charge in [0.1, 0.15) is 5.82 Å². The number of halogens is 3. The minimum atomic E-state index is -2.93. The lowest BCUT2D eigenvalue weighted by molar-refractivity contribution is 0.102. The van der Waals surface area contributed by atoms with Crippen molar-refractivity contribution in [3.8, 4) is 0 Å². The van der Waals surface area contributed by atoms with E-state index in [0.717, 1.165) is 0 Å². The minimum Gasteiger partial charge on any atom is -0.322 e. The van der Waals surface area contributed by atoms with Crippen molar-refractivity contribution in [2.45, 2.75) is 13.3 Å². The molecule has 0 aliphatic carbocycles. The van der Waals surface area contributed by atoms with E-state index in [-0.39, 0.29) is 27.0 Å². The van der Waals surface area contributed by atoms with Gasteiger partial charge < -0.3 is 5.32 Å². The molecule has 0 saturated carbocycles. The highest BCUT2D eigenvalue weighted by molar-refractivity contribution is 8.25. The molecule has 1 fully saturated rings. The van der Waals surface area contributed by atoms with Crippen molar-refractivity contribution < 1.29 is 18.3 Å². The molecule has 1 amide bonds. The molecule has 9 heteroatoms. The largest absolute Gasteiger partial charge is 0.322 e. The second-order valence-electron chi connectivity index (χ2n) is 6.05. The molecule has 26 heavy (non-hydrogen) atoms. The standard InChI is InChI=1S/C17H17Cl2FN2O3S/c1-10-5-11(20)7-12(6-10)21-17(23)14-8-13(9-15(18)16(14)19)22-3-2-4-26(22,24)25/h5-9,24-25H,2-4H2,1H3,(H,21,23). The lowest BCUT2D eigenvalue weighted by Crippen LogP contribution is -2.22. The molecule has 2 aromatic carbocycles. The van der Waals surface area contributed by atoms with Crippen molar-refractivity contribution in [1.82, 2.24) is 0 Å². The van der Waals surface area contributed by atoms with Crippen LogP contribution in [-0.2, 0) is 0 Å².